The van der Waals surface area contributed by atoms with Gasteiger partial charge in [0, 0.05) is 46.3 Å². The van der Waals surface area contributed by atoms with E-state index in [-0.39, 0.29) is 61.0 Å². The molecule has 6 atom stereocenters. The van der Waals surface area contributed by atoms with Crippen molar-refractivity contribution in [1.82, 2.24) is 19.6 Å². The molecule has 0 aromatic carbocycles. The highest BCUT2D eigenvalue weighted by atomic mass is 16.5. The van der Waals surface area contributed by atoms with Crippen LogP contribution in [0, 0.1) is 11.8 Å². The van der Waals surface area contributed by atoms with Crippen molar-refractivity contribution in [2.75, 3.05) is 27.7 Å². The van der Waals surface area contributed by atoms with E-state index >= 15 is 0 Å². The van der Waals surface area contributed by atoms with Crippen molar-refractivity contribution < 1.29 is 33.5 Å². The summed E-state index contributed by atoms with van der Waals surface area (Å²) in [6.45, 7) is 13.6. The average molecular weight is 635 g/mol. The number of ether oxygens (including phenoxy) is 1. The predicted octanol–water partition coefficient (Wildman–Crippen LogP) is 3.84. The maximum absolute atomic E-state index is 13.8. The van der Waals surface area contributed by atoms with Crippen LogP contribution < -0.4 is 0 Å². The van der Waals surface area contributed by atoms with E-state index in [1.54, 1.807) is 40.9 Å². The first kappa shape index (κ1) is 39.9. The summed E-state index contributed by atoms with van der Waals surface area (Å²) in [5.41, 5.74) is 0. The molecular formula is C34H58N4O7. The second kappa shape index (κ2) is 19.4. The topological polar surface area (TPSA) is 125 Å². The molecule has 0 aliphatic carbocycles. The van der Waals surface area contributed by atoms with E-state index in [9.17, 15) is 28.8 Å². The number of unbranched alkanes of at least 4 members (excludes halogenated alkanes) is 2. The summed E-state index contributed by atoms with van der Waals surface area (Å²) in [7, 11) is 4.66. The van der Waals surface area contributed by atoms with Gasteiger partial charge in [0.25, 0.3) is 11.8 Å². The highest BCUT2D eigenvalue weighted by Gasteiger charge is 2.41. The standard InChI is InChI=1S/C34H58N4O7/c1-11-16-29(41)37(22-39)20-15-13-14-17-28(40)35(8)31(23(3)4)33(43)34(44)36(9)32(24(5)12-2)27(45-10)21-30(42)38-25(6)18-19-26(38)7/h11,16,22-27,31-32H,12-15,17-21H2,1-10H3/b16-11-. The number of allylic oxidation sites excluding steroid dienone is 1. The van der Waals surface area contributed by atoms with Crippen molar-refractivity contribution in [2.24, 2.45) is 11.8 Å². The number of amides is 5. The Balaban J connectivity index is 2.97. The lowest BCUT2D eigenvalue weighted by atomic mass is 9.89. The molecule has 0 spiro atoms. The second-order valence-corrected chi connectivity index (χ2v) is 12.9. The van der Waals surface area contributed by atoms with Gasteiger partial charge in [-0.1, -0.05) is 46.6 Å². The fraction of sp³-hybridized carbons (Fsp3) is 0.765. The number of imide groups is 1. The first-order valence-corrected chi connectivity index (χ1v) is 16.5. The Labute approximate surface area is 270 Å². The van der Waals surface area contributed by atoms with Crippen LogP contribution in [0.15, 0.2) is 12.2 Å². The van der Waals surface area contributed by atoms with Gasteiger partial charge in [0.15, 0.2) is 0 Å². The Hall–Kier alpha value is -3.08. The molecule has 11 heteroatoms. The molecule has 1 aliphatic rings. The molecule has 256 valence electrons. The van der Waals surface area contributed by atoms with E-state index in [2.05, 4.69) is 0 Å². The summed E-state index contributed by atoms with van der Waals surface area (Å²) in [5.74, 6) is -2.43. The van der Waals surface area contributed by atoms with Gasteiger partial charge >= 0.3 is 0 Å². The number of rotatable bonds is 19. The molecule has 0 radical (unpaired) electrons. The molecular weight excluding hydrogens is 576 g/mol. The van der Waals surface area contributed by atoms with Crippen LogP contribution in [0.3, 0.4) is 0 Å². The van der Waals surface area contributed by atoms with E-state index < -0.39 is 29.9 Å². The molecule has 1 heterocycles. The maximum atomic E-state index is 13.8. The molecule has 11 nitrogen and oxygen atoms in total. The zero-order valence-electron chi connectivity index (χ0n) is 29.3. The smallest absolute Gasteiger partial charge is 0.292 e. The molecule has 1 rings (SSSR count). The number of methoxy groups -OCH3 is 1. The van der Waals surface area contributed by atoms with E-state index in [0.717, 1.165) is 17.7 Å². The first-order valence-electron chi connectivity index (χ1n) is 16.5. The molecule has 45 heavy (non-hydrogen) atoms. The molecule has 0 bridgehead atoms. The van der Waals surface area contributed by atoms with Gasteiger partial charge in [0.1, 0.15) is 6.04 Å². The molecule has 6 unspecified atom stereocenters. The summed E-state index contributed by atoms with van der Waals surface area (Å²) >= 11 is 0. The summed E-state index contributed by atoms with van der Waals surface area (Å²) in [5, 5.41) is 0. The molecule has 5 amide bonds. The van der Waals surface area contributed by atoms with Crippen LogP contribution in [-0.4, -0.2) is 113 Å². The quantitative estimate of drug-likeness (QED) is 0.0915. The largest absolute Gasteiger partial charge is 0.379 e. The molecule has 0 saturated carbocycles. The van der Waals surface area contributed by atoms with E-state index in [4.69, 9.17) is 4.74 Å². The lowest BCUT2D eigenvalue weighted by molar-refractivity contribution is -0.154. The first-order chi connectivity index (χ1) is 21.2. The lowest BCUT2D eigenvalue weighted by Gasteiger charge is -2.39. The van der Waals surface area contributed by atoms with E-state index in [0.29, 0.717) is 32.1 Å². The number of likely N-dealkylation sites (tertiary alicyclic amines) is 1. The van der Waals surface area contributed by atoms with Crippen LogP contribution >= 0.6 is 0 Å². The highest BCUT2D eigenvalue weighted by Crippen LogP contribution is 2.28. The molecule has 0 aromatic heterocycles. The number of ketones is 1. The SMILES string of the molecule is C/C=C\C(=O)N(C=O)CCCCCC(=O)N(C)C(C(=O)C(=O)N(C)C(C(C)CC)C(CC(=O)N1C(C)CCC1C)OC)C(C)C. The maximum Gasteiger partial charge on any atom is 0.292 e. The minimum atomic E-state index is -0.956. The minimum Gasteiger partial charge on any atom is -0.379 e. The Morgan fingerprint density at radius 1 is 0.956 bits per heavy atom. The lowest BCUT2D eigenvalue weighted by Crippen LogP contribution is -2.56. The fourth-order valence-corrected chi connectivity index (χ4v) is 6.43. The molecule has 0 aromatic rings. The van der Waals surface area contributed by atoms with Gasteiger partial charge in [-0.25, -0.2) is 0 Å². The van der Waals surface area contributed by atoms with Gasteiger partial charge in [-0.05, 0) is 64.4 Å². The van der Waals surface area contributed by atoms with Crippen molar-refractivity contribution in [2.45, 2.75) is 130 Å². The summed E-state index contributed by atoms with van der Waals surface area (Å²) < 4.78 is 5.83. The number of hydrogen-bond acceptors (Lipinski definition) is 7. The van der Waals surface area contributed by atoms with Gasteiger partial charge in [-0.2, -0.15) is 0 Å². The number of likely N-dealkylation sites (N-methyl/N-ethyl adjacent to an activating group) is 2. The van der Waals surface area contributed by atoms with Crippen LogP contribution in [-0.2, 0) is 33.5 Å². The third kappa shape index (κ3) is 11.0. The fourth-order valence-electron chi connectivity index (χ4n) is 6.43. The van der Waals surface area contributed by atoms with Crippen molar-refractivity contribution >= 4 is 35.8 Å². The third-order valence-corrected chi connectivity index (χ3v) is 9.22. The van der Waals surface area contributed by atoms with Crippen molar-refractivity contribution in [3.63, 3.8) is 0 Å². The van der Waals surface area contributed by atoms with Crippen LogP contribution in [0.1, 0.15) is 99.8 Å². The summed E-state index contributed by atoms with van der Waals surface area (Å²) in [4.78, 5) is 82.8. The van der Waals surface area contributed by atoms with Gasteiger partial charge in [-0.3, -0.25) is 33.7 Å². The second-order valence-electron chi connectivity index (χ2n) is 12.9. The van der Waals surface area contributed by atoms with Crippen LogP contribution in [0.25, 0.3) is 0 Å². The number of hydrogen-bond donors (Lipinski definition) is 0. The number of carbonyl (C=O) groups excluding carboxylic acids is 6. The Bertz CT molecular complexity index is 1040. The number of Topliss-reactive ketones (excluding diaryl/α,β-unsaturated/α-hetero) is 1. The van der Waals surface area contributed by atoms with Crippen LogP contribution in [0.4, 0.5) is 0 Å². The van der Waals surface area contributed by atoms with Crippen LogP contribution in [0.5, 0.6) is 0 Å². The predicted molar refractivity (Wildman–Crippen MR) is 174 cm³/mol. The third-order valence-electron chi connectivity index (χ3n) is 9.22. The molecule has 1 saturated heterocycles. The van der Waals surface area contributed by atoms with E-state index in [1.165, 1.54) is 23.0 Å². The molecule has 1 aliphatic heterocycles. The van der Waals surface area contributed by atoms with Crippen LogP contribution in [0.2, 0.25) is 0 Å². The van der Waals surface area contributed by atoms with Gasteiger partial charge in [-0.15, -0.1) is 0 Å². The van der Waals surface area contributed by atoms with Crippen molar-refractivity contribution in [1.29, 1.82) is 0 Å². The van der Waals surface area contributed by atoms with Gasteiger partial charge in [0.2, 0.25) is 24.0 Å². The Morgan fingerprint density at radius 2 is 1.56 bits per heavy atom. The zero-order valence-corrected chi connectivity index (χ0v) is 29.3. The molecule has 0 N–H and O–H groups in total. The molecule has 1 fully saturated rings. The number of nitrogens with zero attached hydrogens (tertiary/aromatic N) is 4. The van der Waals surface area contributed by atoms with E-state index in [1.807, 2.05) is 32.6 Å². The van der Waals surface area contributed by atoms with Crippen molar-refractivity contribution in [3.8, 4) is 0 Å². The zero-order chi connectivity index (χ0) is 34.4. The Kier molecular flexibility index (Phi) is 17.3. The highest BCUT2D eigenvalue weighted by molar-refractivity contribution is 6.38. The summed E-state index contributed by atoms with van der Waals surface area (Å²) in [6, 6.07) is -1.19. The Morgan fingerprint density at radius 3 is 2.04 bits per heavy atom. The summed E-state index contributed by atoms with van der Waals surface area (Å²) in [6.07, 6.45) is 7.33. The average Bonchev–Trinajstić information content (AvgIpc) is 3.34. The van der Waals surface area contributed by atoms with Gasteiger partial charge in [0.05, 0.1) is 18.6 Å². The van der Waals surface area contributed by atoms with Crippen molar-refractivity contribution in [3.05, 3.63) is 12.2 Å². The number of carbonyl (C=O) groups is 6. The van der Waals surface area contributed by atoms with Gasteiger partial charge < -0.3 is 19.4 Å². The monoisotopic (exact) mass is 634 g/mol. The minimum absolute atomic E-state index is 0.0199. The normalized spacial score (nSPS) is 19.2.